The van der Waals surface area contributed by atoms with Gasteiger partial charge in [-0.3, -0.25) is 4.98 Å². The Morgan fingerprint density at radius 3 is 2.55 bits per heavy atom. The highest BCUT2D eigenvalue weighted by atomic mass is 127. The summed E-state index contributed by atoms with van der Waals surface area (Å²) >= 11 is 2.25. The number of aromatic hydroxyl groups is 1. The zero-order valence-corrected chi connectivity index (χ0v) is 25.7. The molecule has 0 aliphatic carbocycles. The van der Waals surface area contributed by atoms with E-state index in [9.17, 15) is 9.90 Å². The number of halogens is 1. The van der Waals surface area contributed by atoms with Crippen LogP contribution in [0.2, 0.25) is 0 Å². The van der Waals surface area contributed by atoms with Crippen LogP contribution in [0.3, 0.4) is 0 Å². The van der Waals surface area contributed by atoms with Crippen LogP contribution in [0.5, 0.6) is 5.75 Å². The molecule has 0 saturated carbocycles. The molecule has 1 aromatic carbocycles. The maximum Gasteiger partial charge on any atom is 0.315 e. The second-order valence-electron chi connectivity index (χ2n) is 10.9. The molecular formula is C28H41IN6O3. The number of anilines is 1. The number of imidazole rings is 1. The molecule has 10 heteroatoms. The quantitative estimate of drug-likeness (QED) is 0.118. The first-order valence-corrected chi connectivity index (χ1v) is 14.1. The van der Waals surface area contributed by atoms with E-state index in [0.717, 1.165) is 40.7 Å². The van der Waals surface area contributed by atoms with E-state index < -0.39 is 0 Å². The molecule has 4 N–H and O–H groups in total. The van der Waals surface area contributed by atoms with E-state index in [1.807, 2.05) is 34.6 Å². The molecule has 0 saturated heterocycles. The van der Waals surface area contributed by atoms with E-state index in [0.29, 0.717) is 37.9 Å². The van der Waals surface area contributed by atoms with Crippen molar-refractivity contribution >= 4 is 45.6 Å². The molecule has 3 aromatic rings. The van der Waals surface area contributed by atoms with E-state index in [2.05, 4.69) is 74.1 Å². The van der Waals surface area contributed by atoms with Gasteiger partial charge in [0.05, 0.1) is 24.2 Å². The highest BCUT2D eigenvalue weighted by Crippen LogP contribution is 2.27. The lowest BCUT2D eigenvalue weighted by Crippen LogP contribution is -2.49. The van der Waals surface area contributed by atoms with Gasteiger partial charge in [-0.25, -0.2) is 9.78 Å². The summed E-state index contributed by atoms with van der Waals surface area (Å²) in [4.78, 5) is 21.8. The third-order valence-corrected chi connectivity index (χ3v) is 6.44. The molecule has 2 heterocycles. The molecule has 0 radical (unpaired) electrons. The number of rotatable bonds is 12. The standard InChI is InChI=1S/C28H41IN6O3/c1-18-15-19(2)24-22(16-18)35(17-21-23(36)10-9-20(3)32-21)25(33-24)30-12-8-13-31-26(37)34-27(4,5)11-14-38-28(6,7)29/h9-10,15-16,36H,8,11-14,17H2,1-7H3,(H,30,33)(H2,31,34,37). The number of nitrogens with one attached hydrogen (secondary N) is 3. The highest BCUT2D eigenvalue weighted by Gasteiger charge is 2.22. The topological polar surface area (TPSA) is 113 Å². The van der Waals surface area contributed by atoms with Crippen LogP contribution in [0.25, 0.3) is 11.0 Å². The maximum absolute atomic E-state index is 12.4. The Kier molecular flexibility index (Phi) is 9.85. The minimum atomic E-state index is -0.375. The van der Waals surface area contributed by atoms with Gasteiger partial charge in [-0.05, 0) is 113 Å². The van der Waals surface area contributed by atoms with Crippen molar-refractivity contribution in [2.75, 3.05) is 25.0 Å². The third kappa shape index (κ3) is 8.72. The molecule has 2 aromatic heterocycles. The predicted octanol–water partition coefficient (Wildman–Crippen LogP) is 5.57. The number of aromatic nitrogens is 3. The van der Waals surface area contributed by atoms with Crippen molar-refractivity contribution in [2.45, 2.75) is 77.0 Å². The van der Waals surface area contributed by atoms with Crippen LogP contribution in [0.1, 0.15) is 63.1 Å². The molecule has 0 aliphatic heterocycles. The van der Waals surface area contributed by atoms with Gasteiger partial charge in [-0.1, -0.05) is 6.07 Å². The largest absolute Gasteiger partial charge is 0.506 e. The van der Waals surface area contributed by atoms with E-state index in [-0.39, 0.29) is 20.9 Å². The molecule has 0 unspecified atom stereocenters. The Morgan fingerprint density at radius 2 is 1.84 bits per heavy atom. The van der Waals surface area contributed by atoms with Gasteiger partial charge in [-0.15, -0.1) is 0 Å². The summed E-state index contributed by atoms with van der Waals surface area (Å²) in [5.74, 6) is 0.871. The second-order valence-corrected chi connectivity index (χ2v) is 13.5. The van der Waals surface area contributed by atoms with Crippen LogP contribution in [-0.4, -0.2) is 54.5 Å². The summed E-state index contributed by atoms with van der Waals surface area (Å²) in [7, 11) is 0. The number of alkyl halides is 1. The number of carbonyl (C=O) groups excluding carboxylic acids is 1. The average molecular weight is 637 g/mol. The van der Waals surface area contributed by atoms with Gasteiger partial charge in [0.15, 0.2) is 0 Å². The Labute approximate surface area is 239 Å². The molecule has 0 fully saturated rings. The third-order valence-electron chi connectivity index (χ3n) is 6.13. The van der Waals surface area contributed by atoms with Crippen LogP contribution in [-0.2, 0) is 11.3 Å². The Bertz CT molecular complexity index is 1270. The van der Waals surface area contributed by atoms with Gasteiger partial charge in [0, 0.05) is 24.3 Å². The SMILES string of the molecule is Cc1cc(C)c2nc(NCCCNC(=O)NC(C)(C)CCOC(C)(C)I)n(Cc3nc(C)ccc3O)c2c1. The first-order chi connectivity index (χ1) is 17.7. The fourth-order valence-corrected chi connectivity index (χ4v) is 4.41. The van der Waals surface area contributed by atoms with Gasteiger partial charge < -0.3 is 30.4 Å². The Morgan fingerprint density at radius 1 is 1.11 bits per heavy atom. The number of hydrogen-bond acceptors (Lipinski definition) is 6. The number of fused-ring (bicyclic) bond motifs is 1. The minimum absolute atomic E-state index is 0.162. The summed E-state index contributed by atoms with van der Waals surface area (Å²) in [5, 5.41) is 19.8. The summed E-state index contributed by atoms with van der Waals surface area (Å²) in [6.07, 6.45) is 1.43. The molecule has 0 bridgehead atoms. The highest BCUT2D eigenvalue weighted by molar-refractivity contribution is 14.1. The molecule has 0 spiro atoms. The van der Waals surface area contributed by atoms with Gasteiger partial charge in [0.1, 0.15) is 15.1 Å². The van der Waals surface area contributed by atoms with Crippen molar-refractivity contribution in [3.8, 4) is 5.75 Å². The zero-order chi connectivity index (χ0) is 28.1. The van der Waals surface area contributed by atoms with E-state index in [1.54, 1.807) is 12.1 Å². The van der Waals surface area contributed by atoms with Crippen LogP contribution >= 0.6 is 22.6 Å². The molecule has 0 atom stereocenters. The van der Waals surface area contributed by atoms with Gasteiger partial charge >= 0.3 is 6.03 Å². The normalized spacial score (nSPS) is 12.1. The fourth-order valence-electron chi connectivity index (χ4n) is 4.19. The van der Waals surface area contributed by atoms with E-state index in [4.69, 9.17) is 9.72 Å². The summed E-state index contributed by atoms with van der Waals surface area (Å²) in [6.45, 7) is 16.1. The van der Waals surface area contributed by atoms with E-state index >= 15 is 0 Å². The molecule has 38 heavy (non-hydrogen) atoms. The van der Waals surface area contributed by atoms with Crippen molar-refractivity contribution in [3.05, 3.63) is 46.8 Å². The number of pyridine rings is 1. The predicted molar refractivity (Wildman–Crippen MR) is 161 cm³/mol. The average Bonchev–Trinajstić information content (AvgIpc) is 3.12. The number of benzene rings is 1. The van der Waals surface area contributed by atoms with Gasteiger partial charge in [0.25, 0.3) is 0 Å². The Hall–Kier alpha value is -2.60. The number of aryl methyl sites for hydroxylation is 3. The lowest BCUT2D eigenvalue weighted by molar-refractivity contribution is 0.0532. The van der Waals surface area contributed by atoms with Crippen LogP contribution in [0, 0.1) is 20.8 Å². The van der Waals surface area contributed by atoms with Crippen LogP contribution < -0.4 is 16.0 Å². The number of hydrogen-bond donors (Lipinski definition) is 4. The van der Waals surface area contributed by atoms with Crippen molar-refractivity contribution in [2.24, 2.45) is 0 Å². The molecule has 0 aliphatic rings. The smallest absolute Gasteiger partial charge is 0.315 e. The molecule has 9 nitrogen and oxygen atoms in total. The van der Waals surface area contributed by atoms with Crippen LogP contribution in [0.4, 0.5) is 10.7 Å². The zero-order valence-electron chi connectivity index (χ0n) is 23.5. The molecular weight excluding hydrogens is 595 g/mol. The fraction of sp³-hybridized carbons (Fsp3) is 0.536. The van der Waals surface area contributed by atoms with Crippen molar-refractivity contribution < 1.29 is 14.6 Å². The summed E-state index contributed by atoms with van der Waals surface area (Å²) in [5.41, 5.74) is 5.21. The number of carbonyl (C=O) groups is 1. The maximum atomic E-state index is 12.4. The second kappa shape index (κ2) is 12.5. The first-order valence-electron chi connectivity index (χ1n) is 13.0. The minimum Gasteiger partial charge on any atom is -0.506 e. The molecule has 3 rings (SSSR count). The Balaban J connectivity index is 1.59. The summed E-state index contributed by atoms with van der Waals surface area (Å²) in [6, 6.07) is 7.50. The van der Waals surface area contributed by atoms with Gasteiger partial charge in [0.2, 0.25) is 5.95 Å². The van der Waals surface area contributed by atoms with Crippen LogP contribution in [0.15, 0.2) is 24.3 Å². The number of ether oxygens (including phenoxy) is 1. The lowest BCUT2D eigenvalue weighted by Gasteiger charge is -2.28. The van der Waals surface area contributed by atoms with Crippen molar-refractivity contribution in [3.63, 3.8) is 0 Å². The number of urea groups is 1. The molecule has 2 amide bonds. The monoisotopic (exact) mass is 636 g/mol. The van der Waals surface area contributed by atoms with Crippen molar-refractivity contribution in [1.29, 1.82) is 0 Å². The summed E-state index contributed by atoms with van der Waals surface area (Å²) < 4.78 is 7.61. The first kappa shape index (κ1) is 29.9. The molecule has 208 valence electrons. The number of amides is 2. The number of nitrogens with zero attached hydrogens (tertiary/aromatic N) is 3. The van der Waals surface area contributed by atoms with Crippen molar-refractivity contribution in [1.82, 2.24) is 25.2 Å². The lowest BCUT2D eigenvalue weighted by atomic mass is 10.0. The van der Waals surface area contributed by atoms with E-state index in [1.165, 1.54) is 0 Å². The van der Waals surface area contributed by atoms with Gasteiger partial charge in [-0.2, -0.15) is 0 Å².